The number of hydrogen-bond acceptors (Lipinski definition) is 4. The third-order valence-corrected chi connectivity index (χ3v) is 4.05. The van der Waals surface area contributed by atoms with Gasteiger partial charge in [-0.3, -0.25) is 4.79 Å². The van der Waals surface area contributed by atoms with E-state index in [4.69, 9.17) is 26.3 Å². The zero-order valence-electron chi connectivity index (χ0n) is 14.4. The Hall–Kier alpha value is -2.62. The molecule has 0 aromatic heterocycles. The highest BCUT2D eigenvalue weighted by molar-refractivity contribution is 6.31. The highest BCUT2D eigenvalue weighted by Gasteiger charge is 2.24. The number of rotatable bonds is 7. The Kier molecular flexibility index (Phi) is 6.96. The first-order valence-corrected chi connectivity index (χ1v) is 8.29. The van der Waals surface area contributed by atoms with Crippen molar-refractivity contribution in [1.82, 2.24) is 5.32 Å². The quantitative estimate of drug-likeness (QED) is 0.798. The number of nitrogens with zero attached hydrogens (tertiary/aromatic N) is 1. The molecule has 0 bridgehead atoms. The number of hydrogen-bond donors (Lipinski definition) is 1. The van der Waals surface area contributed by atoms with E-state index < -0.39 is 17.8 Å². The molecule has 5 nitrogen and oxygen atoms in total. The van der Waals surface area contributed by atoms with Gasteiger partial charge in [0.15, 0.2) is 6.10 Å². The summed E-state index contributed by atoms with van der Waals surface area (Å²) in [6, 6.07) is 11.0. The minimum atomic E-state index is -1.09. The second kappa shape index (κ2) is 9.18. The number of nitrogens with one attached hydrogen (secondary N) is 1. The van der Waals surface area contributed by atoms with Crippen LogP contribution in [0, 0.1) is 17.1 Å². The summed E-state index contributed by atoms with van der Waals surface area (Å²) in [7, 11) is 1.43. The zero-order valence-corrected chi connectivity index (χ0v) is 15.1. The van der Waals surface area contributed by atoms with Crippen molar-refractivity contribution in [3.8, 4) is 11.8 Å². The summed E-state index contributed by atoms with van der Waals surface area (Å²) in [5.41, 5.74) is 1.19. The van der Waals surface area contributed by atoms with E-state index in [1.807, 2.05) is 6.07 Å². The van der Waals surface area contributed by atoms with Crippen LogP contribution in [0.3, 0.4) is 0 Å². The lowest BCUT2D eigenvalue weighted by atomic mass is 10.1. The topological polar surface area (TPSA) is 71.3 Å². The van der Waals surface area contributed by atoms with Gasteiger partial charge in [0.25, 0.3) is 5.91 Å². The lowest BCUT2D eigenvalue weighted by Crippen LogP contribution is -2.31. The highest BCUT2D eigenvalue weighted by atomic mass is 35.5. The average molecular weight is 377 g/mol. The van der Waals surface area contributed by atoms with E-state index in [1.54, 1.807) is 25.1 Å². The maximum Gasteiger partial charge on any atom is 0.254 e. The molecule has 1 N–H and O–H groups in total. The van der Waals surface area contributed by atoms with Gasteiger partial charge >= 0.3 is 0 Å². The number of carbonyl (C=O) groups is 1. The number of carbonyl (C=O) groups excluding carboxylic acids is 1. The van der Waals surface area contributed by atoms with Crippen molar-refractivity contribution in [2.24, 2.45) is 0 Å². The van der Waals surface area contributed by atoms with Crippen molar-refractivity contribution in [3.05, 3.63) is 63.9 Å². The van der Waals surface area contributed by atoms with Crippen molar-refractivity contribution < 1.29 is 18.7 Å². The number of amides is 1. The Bertz CT molecular complexity index is 836. The fourth-order valence-electron chi connectivity index (χ4n) is 2.36. The van der Waals surface area contributed by atoms with Crippen molar-refractivity contribution in [2.75, 3.05) is 13.7 Å². The van der Waals surface area contributed by atoms with Gasteiger partial charge in [0.2, 0.25) is 0 Å². The van der Waals surface area contributed by atoms with Crippen LogP contribution in [0.5, 0.6) is 5.75 Å². The molecule has 0 spiro atoms. The van der Waals surface area contributed by atoms with Crippen molar-refractivity contribution in [1.29, 1.82) is 5.26 Å². The number of benzene rings is 2. The summed E-state index contributed by atoms with van der Waals surface area (Å²) in [6.45, 7) is 2.09. The van der Waals surface area contributed by atoms with Crippen molar-refractivity contribution in [2.45, 2.75) is 19.6 Å². The predicted molar refractivity (Wildman–Crippen MR) is 95.3 cm³/mol. The summed E-state index contributed by atoms with van der Waals surface area (Å²) in [4.78, 5) is 12.5. The number of methoxy groups -OCH3 is 1. The largest absolute Gasteiger partial charge is 0.497 e. The second-order valence-electron chi connectivity index (χ2n) is 5.36. The van der Waals surface area contributed by atoms with E-state index in [1.165, 1.54) is 25.3 Å². The third-order valence-electron chi connectivity index (χ3n) is 3.70. The SMILES string of the molecule is CCO[C@H](C(=O)NCc1ccc(C#N)cc1Cl)c1ccc(OC)cc1F. The Morgan fingerprint density at radius 2 is 2.12 bits per heavy atom. The van der Waals surface area contributed by atoms with Gasteiger partial charge in [-0.25, -0.2) is 4.39 Å². The molecule has 1 atom stereocenters. The maximum absolute atomic E-state index is 14.3. The molecule has 0 fully saturated rings. The van der Waals surface area contributed by atoms with E-state index in [0.29, 0.717) is 21.9 Å². The molecule has 2 aromatic carbocycles. The van der Waals surface area contributed by atoms with Crippen LogP contribution in [-0.2, 0) is 16.1 Å². The summed E-state index contributed by atoms with van der Waals surface area (Å²) >= 11 is 6.10. The zero-order chi connectivity index (χ0) is 19.1. The minimum absolute atomic E-state index is 0.121. The predicted octanol–water partition coefficient (Wildman–Crippen LogP) is 3.75. The molecule has 2 aromatic rings. The van der Waals surface area contributed by atoms with Crippen LogP contribution in [0.15, 0.2) is 36.4 Å². The van der Waals surface area contributed by atoms with Crippen LogP contribution in [-0.4, -0.2) is 19.6 Å². The average Bonchev–Trinajstić information content (AvgIpc) is 2.65. The lowest BCUT2D eigenvalue weighted by Gasteiger charge is -2.18. The van der Waals surface area contributed by atoms with E-state index >= 15 is 0 Å². The van der Waals surface area contributed by atoms with Crippen LogP contribution in [0.1, 0.15) is 29.7 Å². The molecular formula is C19H18ClFN2O3. The normalized spacial score (nSPS) is 11.5. The minimum Gasteiger partial charge on any atom is -0.497 e. The van der Waals surface area contributed by atoms with Gasteiger partial charge in [-0.2, -0.15) is 5.26 Å². The first-order chi connectivity index (χ1) is 12.5. The molecule has 0 unspecified atom stereocenters. The van der Waals surface area contributed by atoms with E-state index in [-0.39, 0.29) is 18.7 Å². The Morgan fingerprint density at radius 1 is 1.35 bits per heavy atom. The van der Waals surface area contributed by atoms with Crippen LogP contribution < -0.4 is 10.1 Å². The molecule has 0 aliphatic carbocycles. The molecule has 7 heteroatoms. The monoisotopic (exact) mass is 376 g/mol. The summed E-state index contributed by atoms with van der Waals surface area (Å²) < 4.78 is 24.7. The summed E-state index contributed by atoms with van der Waals surface area (Å²) in [6.07, 6.45) is -1.09. The summed E-state index contributed by atoms with van der Waals surface area (Å²) in [5, 5.41) is 11.9. The van der Waals surface area contributed by atoms with Gasteiger partial charge in [-0.05, 0) is 36.8 Å². The van der Waals surface area contributed by atoms with E-state index in [0.717, 1.165) is 0 Å². The molecule has 0 aliphatic rings. The standard InChI is InChI=1S/C19H18ClFN2O3/c1-3-26-18(15-7-6-14(25-2)9-17(15)21)19(24)23-11-13-5-4-12(10-22)8-16(13)20/h4-9,18H,3,11H2,1-2H3,(H,23,24)/t18-/m0/s1. The van der Waals surface area contributed by atoms with Gasteiger partial charge in [-0.15, -0.1) is 0 Å². The second-order valence-corrected chi connectivity index (χ2v) is 5.77. The number of halogens is 2. The number of ether oxygens (including phenoxy) is 2. The molecule has 0 saturated carbocycles. The van der Waals surface area contributed by atoms with Gasteiger partial charge in [0.05, 0.1) is 18.7 Å². The molecule has 136 valence electrons. The fourth-order valence-corrected chi connectivity index (χ4v) is 2.60. The molecule has 1 amide bonds. The molecule has 0 heterocycles. The van der Waals surface area contributed by atoms with E-state index in [9.17, 15) is 9.18 Å². The molecule has 0 aliphatic heterocycles. The van der Waals surface area contributed by atoms with Crippen molar-refractivity contribution in [3.63, 3.8) is 0 Å². The molecule has 2 rings (SSSR count). The Morgan fingerprint density at radius 3 is 2.69 bits per heavy atom. The lowest BCUT2D eigenvalue weighted by molar-refractivity contribution is -0.133. The molecule has 26 heavy (non-hydrogen) atoms. The Balaban J connectivity index is 2.15. The fraction of sp³-hybridized carbons (Fsp3) is 0.263. The van der Waals surface area contributed by atoms with Crippen LogP contribution in [0.25, 0.3) is 0 Å². The molecular weight excluding hydrogens is 359 g/mol. The molecule has 0 saturated heterocycles. The Labute approximate surface area is 156 Å². The summed E-state index contributed by atoms with van der Waals surface area (Å²) in [5.74, 6) is -0.725. The first-order valence-electron chi connectivity index (χ1n) is 7.91. The highest BCUT2D eigenvalue weighted by Crippen LogP contribution is 2.25. The van der Waals surface area contributed by atoms with Crippen LogP contribution in [0.2, 0.25) is 5.02 Å². The van der Waals surface area contributed by atoms with Gasteiger partial charge in [0, 0.05) is 29.8 Å². The molecule has 0 radical (unpaired) electrons. The van der Waals surface area contributed by atoms with Gasteiger partial charge < -0.3 is 14.8 Å². The van der Waals surface area contributed by atoms with Gasteiger partial charge in [-0.1, -0.05) is 17.7 Å². The maximum atomic E-state index is 14.3. The number of nitriles is 1. The van der Waals surface area contributed by atoms with Gasteiger partial charge in [0.1, 0.15) is 11.6 Å². The van der Waals surface area contributed by atoms with Crippen molar-refractivity contribution >= 4 is 17.5 Å². The van der Waals surface area contributed by atoms with Crippen LogP contribution >= 0.6 is 11.6 Å². The van der Waals surface area contributed by atoms with E-state index in [2.05, 4.69) is 5.32 Å². The smallest absolute Gasteiger partial charge is 0.254 e. The first kappa shape index (κ1) is 19.7. The van der Waals surface area contributed by atoms with Crippen LogP contribution in [0.4, 0.5) is 4.39 Å². The third kappa shape index (κ3) is 4.72.